The molecule has 2 atom stereocenters. The zero-order chi connectivity index (χ0) is 16.7. The van der Waals surface area contributed by atoms with Gasteiger partial charge in [0.25, 0.3) is 0 Å². The van der Waals surface area contributed by atoms with Crippen molar-refractivity contribution in [3.8, 4) is 6.07 Å². The molecule has 0 amide bonds. The zero-order valence-corrected chi connectivity index (χ0v) is 14.9. The first-order valence-corrected chi connectivity index (χ1v) is 9.42. The highest BCUT2D eigenvalue weighted by Gasteiger charge is 2.49. The Hall–Kier alpha value is -1.06. The minimum Gasteiger partial charge on any atom is -0.598 e. The largest absolute Gasteiger partial charge is 0.598 e. The van der Waals surface area contributed by atoms with Gasteiger partial charge < -0.3 is 9.87 Å². The number of hydrogen-bond acceptors (Lipinski definition) is 4. The number of hydrogen-bond donors (Lipinski definition) is 2. The normalized spacial score (nSPS) is 24.2. The summed E-state index contributed by atoms with van der Waals surface area (Å²) in [6.45, 7) is 7.98. The molecule has 4 nitrogen and oxygen atoms in total. The fourth-order valence-corrected chi connectivity index (χ4v) is 4.71. The summed E-state index contributed by atoms with van der Waals surface area (Å²) < 4.78 is 15.9. The standard InChI is InChI=1S/C18H25N3OS/c1-17(2,3)23(22)21-16-15-10-13(12-19)4-5-14(15)11-18(16)6-8-20-9-7-18/h4-5,10,16,20-21H,6-9,11H2,1-3H3. The van der Waals surface area contributed by atoms with E-state index in [1.165, 1.54) is 11.1 Å². The van der Waals surface area contributed by atoms with E-state index in [2.05, 4.69) is 22.2 Å². The topological polar surface area (TPSA) is 70.9 Å². The molecule has 23 heavy (non-hydrogen) atoms. The fourth-order valence-electron chi connectivity index (χ4n) is 3.77. The van der Waals surface area contributed by atoms with Crippen molar-refractivity contribution < 1.29 is 4.55 Å². The zero-order valence-electron chi connectivity index (χ0n) is 14.1. The predicted octanol–water partition coefficient (Wildman–Crippen LogP) is 2.58. The summed E-state index contributed by atoms with van der Waals surface area (Å²) in [7, 11) is 0. The van der Waals surface area contributed by atoms with E-state index < -0.39 is 11.4 Å². The number of nitrogens with one attached hydrogen (secondary N) is 2. The highest BCUT2D eigenvalue weighted by Crippen LogP contribution is 2.51. The van der Waals surface area contributed by atoms with E-state index >= 15 is 0 Å². The van der Waals surface area contributed by atoms with Crippen LogP contribution in [-0.4, -0.2) is 22.4 Å². The van der Waals surface area contributed by atoms with E-state index in [9.17, 15) is 9.81 Å². The molecule has 1 aliphatic carbocycles. The van der Waals surface area contributed by atoms with E-state index in [4.69, 9.17) is 0 Å². The highest BCUT2D eigenvalue weighted by molar-refractivity contribution is 7.90. The lowest BCUT2D eigenvalue weighted by atomic mass is 9.73. The van der Waals surface area contributed by atoms with Crippen molar-refractivity contribution in [2.45, 2.75) is 50.8 Å². The van der Waals surface area contributed by atoms with Gasteiger partial charge in [-0.05, 0) is 76.4 Å². The maximum absolute atomic E-state index is 12.7. The van der Waals surface area contributed by atoms with Crippen molar-refractivity contribution in [2.75, 3.05) is 13.1 Å². The van der Waals surface area contributed by atoms with E-state index in [0.717, 1.165) is 32.4 Å². The average molecular weight is 331 g/mol. The van der Waals surface area contributed by atoms with Crippen LogP contribution < -0.4 is 10.0 Å². The Bertz CT molecular complexity index is 626. The number of fused-ring (bicyclic) bond motifs is 1. The minimum absolute atomic E-state index is 0.0629. The molecular weight excluding hydrogens is 306 g/mol. The lowest BCUT2D eigenvalue weighted by Gasteiger charge is -2.40. The second kappa shape index (κ2) is 6.10. The van der Waals surface area contributed by atoms with Gasteiger partial charge in [0, 0.05) is 16.8 Å². The molecule has 1 aromatic rings. The highest BCUT2D eigenvalue weighted by atomic mass is 32.2. The van der Waals surface area contributed by atoms with Crippen LogP contribution in [0.1, 0.15) is 56.3 Å². The van der Waals surface area contributed by atoms with Gasteiger partial charge in [0.15, 0.2) is 0 Å². The molecule has 0 bridgehead atoms. The molecule has 0 aromatic heterocycles. The number of benzene rings is 1. The molecule has 0 saturated carbocycles. The molecule has 1 aliphatic heterocycles. The molecule has 1 aromatic carbocycles. The van der Waals surface area contributed by atoms with E-state index in [-0.39, 0.29) is 16.2 Å². The summed E-state index contributed by atoms with van der Waals surface area (Å²) in [5.41, 5.74) is 3.27. The number of nitriles is 1. The van der Waals surface area contributed by atoms with Gasteiger partial charge in [-0.25, -0.2) is 0 Å². The van der Waals surface area contributed by atoms with E-state index in [0.29, 0.717) is 5.56 Å². The first-order chi connectivity index (χ1) is 10.9. The van der Waals surface area contributed by atoms with E-state index in [1.54, 1.807) is 0 Å². The van der Waals surface area contributed by atoms with Crippen LogP contribution in [0.25, 0.3) is 0 Å². The Balaban J connectivity index is 1.98. The molecule has 3 rings (SSSR count). The van der Waals surface area contributed by atoms with Crippen molar-refractivity contribution in [3.63, 3.8) is 0 Å². The monoisotopic (exact) mass is 331 g/mol. The lowest BCUT2D eigenvalue weighted by molar-refractivity contribution is 0.163. The molecule has 1 fully saturated rings. The molecule has 1 heterocycles. The van der Waals surface area contributed by atoms with Crippen molar-refractivity contribution in [1.82, 2.24) is 10.0 Å². The van der Waals surface area contributed by atoms with Crippen molar-refractivity contribution in [1.29, 1.82) is 5.26 Å². The summed E-state index contributed by atoms with van der Waals surface area (Å²) in [5.74, 6) is 0. The van der Waals surface area contributed by atoms with Gasteiger partial charge in [-0.2, -0.15) is 5.26 Å². The Morgan fingerprint density at radius 1 is 1.35 bits per heavy atom. The van der Waals surface area contributed by atoms with Crippen LogP contribution in [-0.2, 0) is 17.8 Å². The second-order valence-electron chi connectivity index (χ2n) is 7.75. The summed E-state index contributed by atoms with van der Waals surface area (Å²) in [6, 6.07) is 8.27. The van der Waals surface area contributed by atoms with Crippen LogP contribution in [0, 0.1) is 16.7 Å². The lowest BCUT2D eigenvalue weighted by Crippen LogP contribution is -2.48. The average Bonchev–Trinajstić information content (AvgIpc) is 2.79. The van der Waals surface area contributed by atoms with Gasteiger partial charge in [-0.3, -0.25) is 0 Å². The minimum atomic E-state index is -1.12. The summed E-state index contributed by atoms with van der Waals surface area (Å²) in [6.07, 6.45) is 3.15. The summed E-state index contributed by atoms with van der Waals surface area (Å²) in [5, 5.41) is 12.7. The third-order valence-corrected chi connectivity index (χ3v) is 6.68. The van der Waals surface area contributed by atoms with Gasteiger partial charge >= 0.3 is 0 Å². The maximum Gasteiger partial charge on any atom is 0.136 e. The fraction of sp³-hybridized carbons (Fsp3) is 0.611. The van der Waals surface area contributed by atoms with Crippen molar-refractivity contribution >= 4 is 11.4 Å². The van der Waals surface area contributed by atoms with Gasteiger partial charge in [0.2, 0.25) is 0 Å². The predicted molar refractivity (Wildman–Crippen MR) is 93.2 cm³/mol. The molecule has 2 aliphatic rings. The maximum atomic E-state index is 12.7. The Morgan fingerprint density at radius 3 is 2.65 bits per heavy atom. The van der Waals surface area contributed by atoms with Crippen LogP contribution in [0.2, 0.25) is 0 Å². The SMILES string of the molecule is CC(C)(C)[S+]([O-])NC1c2cc(C#N)ccc2CC12CCNCC2. The third kappa shape index (κ3) is 3.14. The van der Waals surface area contributed by atoms with Crippen molar-refractivity contribution in [3.05, 3.63) is 34.9 Å². The Kier molecular flexibility index (Phi) is 4.45. The van der Waals surface area contributed by atoms with Gasteiger partial charge in [0.1, 0.15) is 4.75 Å². The van der Waals surface area contributed by atoms with Crippen molar-refractivity contribution in [2.24, 2.45) is 5.41 Å². The molecule has 0 radical (unpaired) electrons. The van der Waals surface area contributed by atoms with Gasteiger partial charge in [-0.15, -0.1) is 4.72 Å². The van der Waals surface area contributed by atoms with Crippen LogP contribution >= 0.6 is 0 Å². The number of piperidine rings is 1. The molecular formula is C18H25N3OS. The molecule has 1 spiro atoms. The molecule has 1 saturated heterocycles. The van der Waals surface area contributed by atoms with Crippen LogP contribution in [0.15, 0.2) is 18.2 Å². The van der Waals surface area contributed by atoms with Gasteiger partial charge in [-0.1, -0.05) is 6.07 Å². The molecule has 5 heteroatoms. The summed E-state index contributed by atoms with van der Waals surface area (Å²) >= 11 is -1.12. The van der Waals surface area contributed by atoms with Crippen LogP contribution in [0.5, 0.6) is 0 Å². The number of rotatable bonds is 2. The van der Waals surface area contributed by atoms with E-state index in [1.807, 2.05) is 32.9 Å². The molecule has 2 N–H and O–H groups in total. The van der Waals surface area contributed by atoms with Crippen LogP contribution in [0.4, 0.5) is 0 Å². The third-order valence-electron chi connectivity index (χ3n) is 5.12. The first-order valence-electron chi connectivity index (χ1n) is 8.27. The number of nitrogens with zero attached hydrogens (tertiary/aromatic N) is 1. The van der Waals surface area contributed by atoms with Gasteiger partial charge in [0.05, 0.1) is 17.7 Å². The smallest absolute Gasteiger partial charge is 0.136 e. The Morgan fingerprint density at radius 2 is 2.04 bits per heavy atom. The first kappa shape index (κ1) is 16.8. The summed E-state index contributed by atoms with van der Waals surface area (Å²) in [4.78, 5) is 0. The van der Waals surface area contributed by atoms with Crippen LogP contribution in [0.3, 0.4) is 0 Å². The molecule has 124 valence electrons. The Labute approximate surface area is 142 Å². The second-order valence-corrected chi connectivity index (χ2v) is 9.74. The molecule has 2 unspecified atom stereocenters. The quantitative estimate of drug-likeness (QED) is 0.817.